The molecule has 14 heavy (non-hydrogen) atoms. The molecule has 0 bridgehead atoms. The first-order valence-corrected chi connectivity index (χ1v) is 7.44. The maximum atomic E-state index is 3.68. The molecule has 0 atom stereocenters. The molecule has 0 aromatic carbocycles. The molecule has 1 radical (unpaired) electrons. The van der Waals surface area contributed by atoms with Gasteiger partial charge in [0.1, 0.15) is 0 Å². The molecule has 0 aliphatic heterocycles. The van der Waals surface area contributed by atoms with Crippen molar-refractivity contribution < 1.29 is 0 Å². The van der Waals surface area contributed by atoms with Gasteiger partial charge in [-0.05, 0) is 23.7 Å². The predicted octanol–water partition coefficient (Wildman–Crippen LogP) is 5.32. The Balaban J connectivity index is 2.81. The molecule has 0 aromatic heterocycles. The number of halogens is 1. The number of rotatable bonds is 11. The lowest BCUT2D eigenvalue weighted by Gasteiger charge is -2.00. The lowest BCUT2D eigenvalue weighted by atomic mass is 10.1. The van der Waals surface area contributed by atoms with Crippen molar-refractivity contribution in [3.8, 4) is 0 Å². The summed E-state index contributed by atoms with van der Waals surface area (Å²) in [5, 5.41) is 0. The summed E-state index contributed by atoms with van der Waals surface area (Å²) in [6.45, 7) is 3.68. The van der Waals surface area contributed by atoms with Crippen LogP contribution >= 0.6 is 22.6 Å². The van der Waals surface area contributed by atoms with Gasteiger partial charge in [0.15, 0.2) is 0 Å². The molecular formula is C13H24I. The maximum absolute atomic E-state index is 3.68. The van der Waals surface area contributed by atoms with Crippen LogP contribution in [-0.4, -0.2) is 4.43 Å². The molecule has 0 amide bonds. The largest absolute Gasteiger partial charge is 0.103 e. The lowest BCUT2D eigenvalue weighted by molar-refractivity contribution is 0.577. The zero-order valence-electron chi connectivity index (χ0n) is 9.31. The number of allylic oxidation sites excluding steroid dienone is 1. The molecule has 0 saturated heterocycles. The van der Waals surface area contributed by atoms with Crippen molar-refractivity contribution in [3.05, 3.63) is 19.1 Å². The third-order valence-corrected chi connectivity index (χ3v) is 3.18. The normalized spacial score (nSPS) is 10.4. The number of hydrogen-bond acceptors (Lipinski definition) is 0. The molecule has 0 nitrogen and oxygen atoms in total. The van der Waals surface area contributed by atoms with E-state index >= 15 is 0 Å². The Bertz CT molecular complexity index is 110. The van der Waals surface area contributed by atoms with E-state index in [9.17, 15) is 0 Å². The fourth-order valence-corrected chi connectivity index (χ4v) is 2.07. The molecule has 0 unspecified atom stereocenters. The Morgan fingerprint density at radius 3 is 1.79 bits per heavy atom. The van der Waals surface area contributed by atoms with Crippen LogP contribution in [-0.2, 0) is 0 Å². The molecule has 83 valence electrons. The smallest absolute Gasteiger partial charge is 0.000473 e. The van der Waals surface area contributed by atoms with Gasteiger partial charge in [0.25, 0.3) is 0 Å². The second kappa shape index (κ2) is 13.5. The first-order chi connectivity index (χ1) is 6.91. The molecule has 0 fully saturated rings. The summed E-state index contributed by atoms with van der Waals surface area (Å²) in [6, 6.07) is 0. The van der Waals surface area contributed by atoms with E-state index in [2.05, 4.69) is 35.6 Å². The van der Waals surface area contributed by atoms with E-state index in [1.807, 2.05) is 6.08 Å². The fraction of sp³-hybridized carbons (Fsp3) is 0.769. The number of unbranched alkanes of at least 4 members (excludes halogenated alkanes) is 9. The average Bonchev–Trinajstić information content (AvgIpc) is 2.21. The van der Waals surface area contributed by atoms with Crippen LogP contribution in [0.5, 0.6) is 0 Å². The molecule has 1 heteroatoms. The second-order valence-electron chi connectivity index (χ2n) is 3.78. The minimum Gasteiger partial charge on any atom is -0.103 e. The summed E-state index contributed by atoms with van der Waals surface area (Å²) in [5.74, 6) is 0. The molecule has 0 saturated carbocycles. The van der Waals surface area contributed by atoms with Gasteiger partial charge in [-0.1, -0.05) is 73.6 Å². The average molecular weight is 307 g/mol. The van der Waals surface area contributed by atoms with Gasteiger partial charge in [0.2, 0.25) is 0 Å². The van der Waals surface area contributed by atoms with E-state index in [0.717, 1.165) is 0 Å². The topological polar surface area (TPSA) is 0 Å². The van der Waals surface area contributed by atoms with Crippen molar-refractivity contribution in [2.24, 2.45) is 0 Å². The second-order valence-corrected chi connectivity index (χ2v) is 4.86. The molecular weight excluding hydrogens is 283 g/mol. The Kier molecular flexibility index (Phi) is 13.9. The van der Waals surface area contributed by atoms with Crippen LogP contribution in [0.1, 0.15) is 57.8 Å². The summed E-state index contributed by atoms with van der Waals surface area (Å²) >= 11 is 2.46. The Morgan fingerprint density at radius 2 is 1.29 bits per heavy atom. The van der Waals surface area contributed by atoms with Gasteiger partial charge in [0, 0.05) is 0 Å². The van der Waals surface area contributed by atoms with Gasteiger partial charge in [0.05, 0.1) is 0 Å². The van der Waals surface area contributed by atoms with Crippen LogP contribution in [0.15, 0.2) is 12.7 Å². The summed E-state index contributed by atoms with van der Waals surface area (Å²) in [5.41, 5.74) is 0. The van der Waals surface area contributed by atoms with Crippen LogP contribution in [0.2, 0.25) is 0 Å². The van der Waals surface area contributed by atoms with Crippen LogP contribution in [0.4, 0.5) is 0 Å². The van der Waals surface area contributed by atoms with Gasteiger partial charge in [-0.25, -0.2) is 0 Å². The van der Waals surface area contributed by atoms with Crippen LogP contribution < -0.4 is 0 Å². The minimum atomic E-state index is 1.22. The zero-order chi connectivity index (χ0) is 10.5. The standard InChI is InChI=1S/C13H24I/c1-2-3-4-5-6-7-8-9-10-11-12-13-14/h2-3H,1,4-13H2. The Hall–Kier alpha value is 0.470. The highest BCUT2D eigenvalue weighted by molar-refractivity contribution is 14.1. The van der Waals surface area contributed by atoms with E-state index in [1.165, 1.54) is 62.2 Å². The molecule has 0 aliphatic rings. The minimum absolute atomic E-state index is 1.22. The van der Waals surface area contributed by atoms with E-state index < -0.39 is 0 Å². The van der Waals surface area contributed by atoms with Gasteiger partial charge in [-0.2, -0.15) is 0 Å². The van der Waals surface area contributed by atoms with Gasteiger partial charge in [-0.3, -0.25) is 0 Å². The summed E-state index contributed by atoms with van der Waals surface area (Å²) < 4.78 is 1.33. The van der Waals surface area contributed by atoms with Gasteiger partial charge >= 0.3 is 0 Å². The van der Waals surface area contributed by atoms with Crippen molar-refractivity contribution in [2.45, 2.75) is 57.8 Å². The zero-order valence-corrected chi connectivity index (χ0v) is 11.5. The number of alkyl halides is 1. The highest BCUT2D eigenvalue weighted by atomic mass is 127. The first kappa shape index (κ1) is 14.5. The van der Waals surface area contributed by atoms with Crippen LogP contribution in [0, 0.1) is 6.42 Å². The quantitative estimate of drug-likeness (QED) is 0.275. The SMILES string of the molecule is C=C[CH]CCCCCCCCCCI. The molecule has 0 aliphatic carbocycles. The fourth-order valence-electron chi connectivity index (χ4n) is 1.54. The first-order valence-electron chi connectivity index (χ1n) is 5.92. The summed E-state index contributed by atoms with van der Waals surface area (Å²) in [6.07, 6.45) is 16.6. The van der Waals surface area contributed by atoms with E-state index in [-0.39, 0.29) is 0 Å². The van der Waals surface area contributed by atoms with Crippen molar-refractivity contribution in [1.29, 1.82) is 0 Å². The highest BCUT2D eigenvalue weighted by Crippen LogP contribution is 2.10. The summed E-state index contributed by atoms with van der Waals surface area (Å²) in [7, 11) is 0. The Labute approximate surface area is 104 Å². The monoisotopic (exact) mass is 307 g/mol. The molecule has 0 heterocycles. The molecule has 0 N–H and O–H groups in total. The van der Waals surface area contributed by atoms with E-state index in [4.69, 9.17) is 0 Å². The predicted molar refractivity (Wildman–Crippen MR) is 74.9 cm³/mol. The third kappa shape index (κ3) is 12.5. The third-order valence-electron chi connectivity index (χ3n) is 2.42. The molecule has 0 spiro atoms. The van der Waals surface area contributed by atoms with Crippen molar-refractivity contribution in [2.75, 3.05) is 4.43 Å². The van der Waals surface area contributed by atoms with Crippen molar-refractivity contribution in [3.63, 3.8) is 0 Å². The van der Waals surface area contributed by atoms with Crippen LogP contribution in [0.25, 0.3) is 0 Å². The van der Waals surface area contributed by atoms with E-state index in [0.29, 0.717) is 0 Å². The summed E-state index contributed by atoms with van der Waals surface area (Å²) in [4.78, 5) is 0. The molecule has 0 rings (SSSR count). The maximum Gasteiger partial charge on any atom is -0.000473 e. The van der Waals surface area contributed by atoms with Crippen molar-refractivity contribution in [1.82, 2.24) is 0 Å². The number of hydrogen-bond donors (Lipinski definition) is 0. The van der Waals surface area contributed by atoms with Crippen LogP contribution in [0.3, 0.4) is 0 Å². The van der Waals surface area contributed by atoms with Gasteiger partial charge < -0.3 is 0 Å². The molecule has 0 aromatic rings. The lowest BCUT2D eigenvalue weighted by Crippen LogP contribution is -1.82. The highest BCUT2D eigenvalue weighted by Gasteiger charge is 1.91. The van der Waals surface area contributed by atoms with Crippen molar-refractivity contribution >= 4 is 22.6 Å². The van der Waals surface area contributed by atoms with Gasteiger partial charge in [-0.15, -0.1) is 6.58 Å². The Morgan fingerprint density at radius 1 is 0.786 bits per heavy atom. The van der Waals surface area contributed by atoms with E-state index in [1.54, 1.807) is 0 Å².